The molecule has 1 aliphatic heterocycles. The van der Waals surface area contributed by atoms with Crippen LogP contribution in [0.1, 0.15) is 36.5 Å². The Bertz CT molecular complexity index is 446. The Balaban J connectivity index is 2.15. The monoisotopic (exact) mass is 262 g/mol. The molecular formula is C15H22N2O2. The van der Waals surface area contributed by atoms with Crippen molar-refractivity contribution in [1.82, 2.24) is 9.88 Å². The molecule has 0 unspecified atom stereocenters. The third kappa shape index (κ3) is 3.53. The van der Waals surface area contributed by atoms with Crippen LogP contribution in [-0.4, -0.2) is 41.6 Å². The number of pyridine rings is 1. The van der Waals surface area contributed by atoms with Crippen molar-refractivity contribution in [3.8, 4) is 0 Å². The van der Waals surface area contributed by atoms with Crippen molar-refractivity contribution in [1.29, 1.82) is 0 Å². The third-order valence-electron chi connectivity index (χ3n) is 3.34. The van der Waals surface area contributed by atoms with Crippen molar-refractivity contribution in [2.24, 2.45) is 5.92 Å². The number of hydrogen-bond donors (Lipinski definition) is 0. The van der Waals surface area contributed by atoms with Crippen LogP contribution >= 0.6 is 0 Å². The van der Waals surface area contributed by atoms with Gasteiger partial charge >= 0.3 is 0 Å². The van der Waals surface area contributed by atoms with Gasteiger partial charge < -0.3 is 9.64 Å². The number of amides is 1. The SMILES string of the molecule is Cc1cccc(C(=O)N2CCOC[C@H]2CC(C)C)n1. The molecule has 4 heteroatoms. The molecule has 0 bridgehead atoms. The van der Waals surface area contributed by atoms with E-state index in [9.17, 15) is 4.79 Å². The Labute approximate surface area is 114 Å². The zero-order valence-corrected chi connectivity index (χ0v) is 11.9. The molecule has 1 atom stereocenters. The van der Waals surface area contributed by atoms with Crippen LogP contribution in [0.4, 0.5) is 0 Å². The first-order valence-electron chi connectivity index (χ1n) is 6.90. The largest absolute Gasteiger partial charge is 0.377 e. The lowest BCUT2D eigenvalue weighted by Gasteiger charge is -2.36. The number of rotatable bonds is 3. The van der Waals surface area contributed by atoms with E-state index in [1.807, 2.05) is 24.0 Å². The standard InChI is InChI=1S/C15H22N2O2/c1-11(2)9-13-10-19-8-7-17(13)15(18)14-6-4-5-12(3)16-14/h4-6,11,13H,7-10H2,1-3H3/t13-/m1/s1. The predicted octanol–water partition coefficient (Wildman–Crippen LogP) is 2.28. The van der Waals surface area contributed by atoms with Crippen molar-refractivity contribution in [3.05, 3.63) is 29.6 Å². The van der Waals surface area contributed by atoms with E-state index in [1.54, 1.807) is 6.07 Å². The lowest BCUT2D eigenvalue weighted by atomic mass is 10.0. The van der Waals surface area contributed by atoms with Gasteiger partial charge in [-0.15, -0.1) is 0 Å². The van der Waals surface area contributed by atoms with Crippen LogP contribution in [0.3, 0.4) is 0 Å². The molecule has 1 aromatic rings. The van der Waals surface area contributed by atoms with E-state index in [1.165, 1.54) is 0 Å². The summed E-state index contributed by atoms with van der Waals surface area (Å²) < 4.78 is 5.51. The summed E-state index contributed by atoms with van der Waals surface area (Å²) in [5, 5.41) is 0. The van der Waals surface area contributed by atoms with Gasteiger partial charge in [0.15, 0.2) is 0 Å². The molecule has 1 fully saturated rings. The second-order valence-electron chi connectivity index (χ2n) is 5.52. The highest BCUT2D eigenvalue weighted by Gasteiger charge is 2.29. The maximum absolute atomic E-state index is 12.6. The molecule has 0 saturated carbocycles. The Kier molecular flexibility index (Phi) is 4.53. The number of morpholine rings is 1. The van der Waals surface area contributed by atoms with Crippen LogP contribution in [0.2, 0.25) is 0 Å². The summed E-state index contributed by atoms with van der Waals surface area (Å²) in [6.07, 6.45) is 0.970. The average molecular weight is 262 g/mol. The van der Waals surface area contributed by atoms with E-state index in [2.05, 4.69) is 18.8 Å². The lowest BCUT2D eigenvalue weighted by Crippen LogP contribution is -2.49. The highest BCUT2D eigenvalue weighted by Crippen LogP contribution is 2.18. The maximum atomic E-state index is 12.6. The molecule has 1 saturated heterocycles. The number of aryl methyl sites for hydroxylation is 1. The van der Waals surface area contributed by atoms with Gasteiger partial charge in [0.1, 0.15) is 5.69 Å². The molecule has 2 rings (SSSR count). The molecule has 104 valence electrons. The summed E-state index contributed by atoms with van der Waals surface area (Å²) in [6, 6.07) is 5.75. The number of carbonyl (C=O) groups is 1. The molecular weight excluding hydrogens is 240 g/mol. The van der Waals surface area contributed by atoms with Crippen LogP contribution in [0.15, 0.2) is 18.2 Å². The van der Waals surface area contributed by atoms with Gasteiger partial charge in [-0.2, -0.15) is 0 Å². The van der Waals surface area contributed by atoms with Gasteiger partial charge in [0.2, 0.25) is 0 Å². The van der Waals surface area contributed by atoms with Crippen molar-refractivity contribution in [3.63, 3.8) is 0 Å². The second-order valence-corrected chi connectivity index (χ2v) is 5.52. The summed E-state index contributed by atoms with van der Waals surface area (Å²) in [7, 11) is 0. The van der Waals surface area contributed by atoms with Gasteiger partial charge in [0, 0.05) is 12.2 Å². The van der Waals surface area contributed by atoms with E-state index >= 15 is 0 Å². The van der Waals surface area contributed by atoms with Crippen molar-refractivity contribution >= 4 is 5.91 Å². The van der Waals surface area contributed by atoms with Gasteiger partial charge in [-0.3, -0.25) is 4.79 Å². The molecule has 4 nitrogen and oxygen atoms in total. The Hall–Kier alpha value is -1.42. The van der Waals surface area contributed by atoms with Crippen LogP contribution in [0.5, 0.6) is 0 Å². The minimum Gasteiger partial charge on any atom is -0.377 e. The first-order valence-corrected chi connectivity index (χ1v) is 6.90. The predicted molar refractivity (Wildman–Crippen MR) is 74.1 cm³/mol. The molecule has 1 aromatic heterocycles. The molecule has 0 aliphatic carbocycles. The zero-order valence-electron chi connectivity index (χ0n) is 11.9. The van der Waals surface area contributed by atoms with Crippen LogP contribution < -0.4 is 0 Å². The molecule has 0 aromatic carbocycles. The highest BCUT2D eigenvalue weighted by atomic mass is 16.5. The third-order valence-corrected chi connectivity index (χ3v) is 3.34. The normalized spacial score (nSPS) is 19.8. The fourth-order valence-corrected chi connectivity index (χ4v) is 2.47. The number of hydrogen-bond acceptors (Lipinski definition) is 3. The second kappa shape index (κ2) is 6.15. The minimum absolute atomic E-state index is 0.0256. The van der Waals surface area contributed by atoms with Gasteiger partial charge in [-0.05, 0) is 31.4 Å². The maximum Gasteiger partial charge on any atom is 0.272 e. The first-order chi connectivity index (χ1) is 9.08. The molecule has 1 aliphatic rings. The average Bonchev–Trinajstić information content (AvgIpc) is 2.38. The van der Waals surface area contributed by atoms with Gasteiger partial charge in [0.25, 0.3) is 5.91 Å². The topological polar surface area (TPSA) is 42.4 Å². The van der Waals surface area contributed by atoms with E-state index < -0.39 is 0 Å². The molecule has 0 N–H and O–H groups in total. The minimum atomic E-state index is 0.0256. The fourth-order valence-electron chi connectivity index (χ4n) is 2.47. The smallest absolute Gasteiger partial charge is 0.272 e. The Morgan fingerprint density at radius 1 is 1.53 bits per heavy atom. The summed E-state index contributed by atoms with van der Waals surface area (Å²) >= 11 is 0. The van der Waals surface area contributed by atoms with E-state index in [0.717, 1.165) is 12.1 Å². The fraction of sp³-hybridized carbons (Fsp3) is 0.600. The number of nitrogens with zero attached hydrogens (tertiary/aromatic N) is 2. The molecule has 2 heterocycles. The summed E-state index contributed by atoms with van der Waals surface area (Å²) in [5.41, 5.74) is 1.41. The molecule has 0 spiro atoms. The van der Waals surface area contributed by atoms with Crippen molar-refractivity contribution < 1.29 is 9.53 Å². The zero-order chi connectivity index (χ0) is 13.8. The number of aromatic nitrogens is 1. The van der Waals surface area contributed by atoms with E-state index in [0.29, 0.717) is 31.4 Å². The summed E-state index contributed by atoms with van der Waals surface area (Å²) in [6.45, 7) is 8.15. The van der Waals surface area contributed by atoms with E-state index in [4.69, 9.17) is 4.74 Å². The van der Waals surface area contributed by atoms with Crippen LogP contribution in [0, 0.1) is 12.8 Å². The quantitative estimate of drug-likeness (QED) is 0.839. The van der Waals surface area contributed by atoms with Gasteiger partial charge in [-0.25, -0.2) is 4.98 Å². The summed E-state index contributed by atoms with van der Waals surface area (Å²) in [5.74, 6) is 0.574. The molecule has 19 heavy (non-hydrogen) atoms. The summed E-state index contributed by atoms with van der Waals surface area (Å²) in [4.78, 5) is 18.8. The van der Waals surface area contributed by atoms with E-state index in [-0.39, 0.29) is 11.9 Å². The van der Waals surface area contributed by atoms with Crippen molar-refractivity contribution in [2.75, 3.05) is 19.8 Å². The Morgan fingerprint density at radius 3 is 3.00 bits per heavy atom. The molecule has 0 radical (unpaired) electrons. The van der Waals surface area contributed by atoms with Gasteiger partial charge in [-0.1, -0.05) is 19.9 Å². The lowest BCUT2D eigenvalue weighted by molar-refractivity contribution is -0.00776. The van der Waals surface area contributed by atoms with Crippen LogP contribution in [0.25, 0.3) is 0 Å². The first kappa shape index (κ1) is 14.0. The van der Waals surface area contributed by atoms with Crippen LogP contribution in [-0.2, 0) is 4.74 Å². The van der Waals surface area contributed by atoms with Gasteiger partial charge in [0.05, 0.1) is 19.3 Å². The number of ether oxygens (including phenoxy) is 1. The molecule has 1 amide bonds. The Morgan fingerprint density at radius 2 is 2.32 bits per heavy atom. The van der Waals surface area contributed by atoms with Crippen molar-refractivity contribution in [2.45, 2.75) is 33.2 Å². The number of carbonyl (C=O) groups excluding carboxylic acids is 1. The highest BCUT2D eigenvalue weighted by molar-refractivity contribution is 5.92.